The molecule has 0 rings (SSSR count). The first-order chi connectivity index (χ1) is 6.41. The molecule has 0 aliphatic carbocycles. The summed E-state index contributed by atoms with van der Waals surface area (Å²) in [5.41, 5.74) is 0. The van der Waals surface area contributed by atoms with E-state index in [1.54, 1.807) is 0 Å². The van der Waals surface area contributed by atoms with Gasteiger partial charge in [-0.15, -0.1) is 6.58 Å². The highest BCUT2D eigenvalue weighted by Gasteiger charge is 1.82. The second-order valence-corrected chi connectivity index (χ2v) is 3.23. The minimum Gasteiger partial charge on any atom is -0.103 e. The van der Waals surface area contributed by atoms with Gasteiger partial charge in [-0.25, -0.2) is 0 Å². The Bertz CT molecular complexity index is 151. The Kier molecular flexibility index (Phi) is 10.5. The highest BCUT2D eigenvalue weighted by Crippen LogP contribution is 2.02. The maximum absolute atomic E-state index is 3.65. The van der Waals surface area contributed by atoms with Crippen LogP contribution in [0.4, 0.5) is 0 Å². The Hall–Kier alpha value is -0.780. The summed E-state index contributed by atoms with van der Waals surface area (Å²) in [5, 5.41) is 0. The van der Waals surface area contributed by atoms with Gasteiger partial charge < -0.3 is 0 Å². The van der Waals surface area contributed by atoms with Crippen LogP contribution in [0.2, 0.25) is 0 Å². The second-order valence-electron chi connectivity index (χ2n) is 3.23. The predicted octanol–water partition coefficient (Wildman–Crippen LogP) is 4.65. The highest BCUT2D eigenvalue weighted by atomic mass is 13.9. The van der Waals surface area contributed by atoms with E-state index in [2.05, 4.69) is 37.8 Å². The zero-order chi connectivity index (χ0) is 9.78. The first kappa shape index (κ1) is 12.2. The van der Waals surface area contributed by atoms with Crippen molar-refractivity contribution in [3.63, 3.8) is 0 Å². The molecule has 0 saturated heterocycles. The van der Waals surface area contributed by atoms with Gasteiger partial charge in [0.25, 0.3) is 0 Å². The quantitative estimate of drug-likeness (QED) is 0.288. The van der Waals surface area contributed by atoms with Crippen molar-refractivity contribution in [2.24, 2.45) is 0 Å². The van der Waals surface area contributed by atoms with Gasteiger partial charge in [0.2, 0.25) is 0 Å². The van der Waals surface area contributed by atoms with E-state index in [-0.39, 0.29) is 0 Å². The lowest BCUT2D eigenvalue weighted by atomic mass is 10.1. The van der Waals surface area contributed by atoms with Crippen molar-refractivity contribution in [2.75, 3.05) is 0 Å². The fraction of sp³-hybridized carbons (Fsp3) is 0.538. The van der Waals surface area contributed by atoms with Crippen LogP contribution < -0.4 is 0 Å². The molecule has 0 heterocycles. The molecule has 0 aromatic heterocycles. The molecule has 0 aliphatic heterocycles. The molecule has 0 N–H and O–H groups in total. The lowest BCUT2D eigenvalue weighted by Gasteiger charge is -1.92. The van der Waals surface area contributed by atoms with Crippen LogP contribution >= 0.6 is 0 Å². The van der Waals surface area contributed by atoms with E-state index >= 15 is 0 Å². The van der Waals surface area contributed by atoms with Crippen molar-refractivity contribution in [1.29, 1.82) is 0 Å². The Morgan fingerprint density at radius 2 is 1.77 bits per heavy atom. The molecule has 74 valence electrons. The maximum atomic E-state index is 3.65. The summed E-state index contributed by atoms with van der Waals surface area (Å²) in [5.74, 6) is 0. The topological polar surface area (TPSA) is 0 Å². The summed E-state index contributed by atoms with van der Waals surface area (Å²) in [6.07, 6.45) is 18.1. The molecule has 0 atom stereocenters. The van der Waals surface area contributed by atoms with Gasteiger partial charge in [0.1, 0.15) is 0 Å². The molecule has 0 unspecified atom stereocenters. The Balaban J connectivity index is 3.16. The minimum absolute atomic E-state index is 0.972. The monoisotopic (exact) mass is 178 g/mol. The van der Waals surface area contributed by atoms with Gasteiger partial charge in [0, 0.05) is 0 Å². The van der Waals surface area contributed by atoms with E-state index in [1.807, 2.05) is 6.08 Å². The Labute approximate surface area is 83.0 Å². The zero-order valence-electron chi connectivity index (χ0n) is 8.84. The smallest absolute Gasteiger partial charge is 0.0169 e. The summed E-state index contributed by atoms with van der Waals surface area (Å²) < 4.78 is 0. The third kappa shape index (κ3) is 11.2. The van der Waals surface area contributed by atoms with Gasteiger partial charge in [-0.2, -0.15) is 0 Å². The summed E-state index contributed by atoms with van der Waals surface area (Å²) in [7, 11) is 0. The number of rotatable bonds is 8. The fourth-order valence-corrected chi connectivity index (χ4v) is 1.12. The fourth-order valence-electron chi connectivity index (χ4n) is 1.12. The van der Waals surface area contributed by atoms with E-state index in [9.17, 15) is 0 Å². The van der Waals surface area contributed by atoms with Crippen LogP contribution in [0.15, 0.2) is 37.0 Å². The molecule has 0 aliphatic rings. The molecule has 0 radical (unpaired) electrons. The van der Waals surface area contributed by atoms with Crippen molar-refractivity contribution in [3.05, 3.63) is 37.0 Å². The highest BCUT2D eigenvalue weighted by molar-refractivity contribution is 5.03. The lowest BCUT2D eigenvalue weighted by molar-refractivity contribution is 0.674. The van der Waals surface area contributed by atoms with Crippen molar-refractivity contribution in [2.45, 2.75) is 45.4 Å². The lowest BCUT2D eigenvalue weighted by Crippen LogP contribution is -1.72. The maximum Gasteiger partial charge on any atom is -0.0169 e. The van der Waals surface area contributed by atoms with E-state index in [0.29, 0.717) is 0 Å². The van der Waals surface area contributed by atoms with Crippen LogP contribution in [0.25, 0.3) is 0 Å². The van der Waals surface area contributed by atoms with Gasteiger partial charge >= 0.3 is 0 Å². The molecule has 0 saturated carbocycles. The molecular weight excluding hydrogens is 156 g/mol. The van der Waals surface area contributed by atoms with Crippen LogP contribution in [-0.4, -0.2) is 0 Å². The summed E-state index contributed by atoms with van der Waals surface area (Å²) in [6.45, 7) is 5.90. The summed E-state index contributed by atoms with van der Waals surface area (Å²) >= 11 is 0. The number of allylic oxidation sites excluding steroid dienone is 5. The standard InChI is InChI=1S/C13H22/c1-3-5-7-9-11-13-12-10-8-6-4-2/h3,7,9,11,13H,1,4-6,8,10,12H2,2H3. The van der Waals surface area contributed by atoms with E-state index in [1.165, 1.54) is 32.1 Å². The van der Waals surface area contributed by atoms with E-state index in [0.717, 1.165) is 6.42 Å². The van der Waals surface area contributed by atoms with Crippen LogP contribution in [0.3, 0.4) is 0 Å². The molecule has 0 nitrogen and oxygen atoms in total. The number of hydrogen-bond donors (Lipinski definition) is 0. The predicted molar refractivity (Wildman–Crippen MR) is 61.9 cm³/mol. The summed E-state index contributed by atoms with van der Waals surface area (Å²) in [6, 6.07) is 0. The number of unbranched alkanes of at least 4 members (excludes halogenated alkanes) is 4. The van der Waals surface area contributed by atoms with E-state index in [4.69, 9.17) is 0 Å². The number of hydrogen-bond acceptors (Lipinski definition) is 0. The van der Waals surface area contributed by atoms with Crippen molar-refractivity contribution >= 4 is 0 Å². The van der Waals surface area contributed by atoms with Crippen molar-refractivity contribution < 1.29 is 0 Å². The third-order valence-corrected chi connectivity index (χ3v) is 1.91. The van der Waals surface area contributed by atoms with Crippen LogP contribution in [-0.2, 0) is 0 Å². The Morgan fingerprint density at radius 1 is 1.00 bits per heavy atom. The third-order valence-electron chi connectivity index (χ3n) is 1.91. The molecule has 0 spiro atoms. The van der Waals surface area contributed by atoms with Gasteiger partial charge in [-0.1, -0.05) is 56.6 Å². The molecule has 0 bridgehead atoms. The SMILES string of the molecule is C=CCC=CC=CCCCCCC. The zero-order valence-corrected chi connectivity index (χ0v) is 8.84. The van der Waals surface area contributed by atoms with E-state index < -0.39 is 0 Å². The summed E-state index contributed by atoms with van der Waals surface area (Å²) in [4.78, 5) is 0. The molecule has 0 heteroatoms. The first-order valence-electron chi connectivity index (χ1n) is 5.34. The Morgan fingerprint density at radius 3 is 2.46 bits per heavy atom. The molecule has 0 aromatic carbocycles. The second kappa shape index (κ2) is 11.2. The van der Waals surface area contributed by atoms with Crippen molar-refractivity contribution in [1.82, 2.24) is 0 Å². The van der Waals surface area contributed by atoms with Crippen molar-refractivity contribution in [3.8, 4) is 0 Å². The minimum atomic E-state index is 0.972. The normalized spacial score (nSPS) is 11.5. The van der Waals surface area contributed by atoms with Gasteiger partial charge in [-0.05, 0) is 19.3 Å². The molecule has 0 fully saturated rings. The average molecular weight is 178 g/mol. The largest absolute Gasteiger partial charge is 0.103 e. The average Bonchev–Trinajstić information content (AvgIpc) is 2.16. The van der Waals surface area contributed by atoms with Gasteiger partial charge in [0.15, 0.2) is 0 Å². The molecular formula is C13H22. The molecule has 13 heavy (non-hydrogen) atoms. The van der Waals surface area contributed by atoms with Crippen LogP contribution in [0, 0.1) is 0 Å². The van der Waals surface area contributed by atoms with Crippen LogP contribution in [0.5, 0.6) is 0 Å². The molecule has 0 aromatic rings. The van der Waals surface area contributed by atoms with Gasteiger partial charge in [-0.3, -0.25) is 0 Å². The molecule has 0 amide bonds. The van der Waals surface area contributed by atoms with Crippen LogP contribution in [0.1, 0.15) is 45.4 Å². The first-order valence-corrected chi connectivity index (χ1v) is 5.34. The van der Waals surface area contributed by atoms with Gasteiger partial charge in [0.05, 0.1) is 0 Å².